The van der Waals surface area contributed by atoms with Crippen molar-refractivity contribution >= 4 is 22.8 Å². The zero-order valence-electron chi connectivity index (χ0n) is 18.4. The molecule has 0 atom stereocenters. The van der Waals surface area contributed by atoms with E-state index in [4.69, 9.17) is 4.74 Å². The van der Waals surface area contributed by atoms with E-state index >= 15 is 0 Å². The van der Waals surface area contributed by atoms with Crippen molar-refractivity contribution in [1.29, 1.82) is 0 Å². The van der Waals surface area contributed by atoms with Crippen molar-refractivity contribution in [3.8, 4) is 11.6 Å². The third-order valence-electron chi connectivity index (χ3n) is 6.05. The van der Waals surface area contributed by atoms with Crippen LogP contribution in [0.5, 0.6) is 11.6 Å². The molecule has 3 aromatic heterocycles. The highest BCUT2D eigenvalue weighted by Gasteiger charge is 2.34. The molecule has 2 aliphatic rings. The second-order valence-electron chi connectivity index (χ2n) is 8.72. The molecular weight excluding hydrogens is 418 g/mol. The van der Waals surface area contributed by atoms with E-state index in [-0.39, 0.29) is 6.03 Å². The number of fused-ring (bicyclic) bond motifs is 1. The molecule has 0 aliphatic heterocycles. The number of carbonyl (C=O) groups is 1. The summed E-state index contributed by atoms with van der Waals surface area (Å²) in [6.45, 7) is 0.636. The summed E-state index contributed by atoms with van der Waals surface area (Å²) in [5.41, 5.74) is 2.90. The van der Waals surface area contributed by atoms with Crippen LogP contribution in [-0.4, -0.2) is 37.4 Å². The van der Waals surface area contributed by atoms with E-state index in [0.717, 1.165) is 16.6 Å². The Bertz CT molecular complexity index is 1300. The van der Waals surface area contributed by atoms with Crippen LogP contribution in [0.3, 0.4) is 0 Å². The van der Waals surface area contributed by atoms with E-state index in [9.17, 15) is 4.79 Å². The largest absolute Gasteiger partial charge is 0.439 e. The van der Waals surface area contributed by atoms with E-state index in [1.165, 1.54) is 37.7 Å². The molecule has 2 N–H and O–H groups in total. The molecule has 1 aromatic carbocycles. The summed E-state index contributed by atoms with van der Waals surface area (Å²) in [6.07, 6.45) is 8.02. The van der Waals surface area contributed by atoms with Gasteiger partial charge in [0.05, 0.1) is 17.3 Å². The third-order valence-corrected chi connectivity index (χ3v) is 6.05. The van der Waals surface area contributed by atoms with Crippen LogP contribution in [0.25, 0.3) is 10.9 Å². The van der Waals surface area contributed by atoms with Crippen molar-refractivity contribution in [2.24, 2.45) is 0 Å². The minimum absolute atomic E-state index is 0.228. The molecule has 0 radical (unpaired) electrons. The molecule has 33 heavy (non-hydrogen) atoms. The van der Waals surface area contributed by atoms with Gasteiger partial charge in [0.15, 0.2) is 5.82 Å². The number of aromatic nitrogens is 5. The lowest BCUT2D eigenvalue weighted by Gasteiger charge is -2.08. The summed E-state index contributed by atoms with van der Waals surface area (Å²) in [6, 6.07) is 11.6. The molecule has 3 heterocycles. The standard InChI is InChI=1S/C24H25N7O2/c1-25-13-17-11-23(27-14-26-17)33-19-6-7-20-16(10-19)8-9-30(20)24(32)28-22-12-21(15-2-3-15)31(29-22)18-4-5-18/h6-12,14-15,18,25H,2-5,13H2,1H3,(H,28,29,32). The molecule has 168 valence electrons. The zero-order valence-corrected chi connectivity index (χ0v) is 18.4. The number of amides is 1. The molecular formula is C24H25N7O2. The lowest BCUT2D eigenvalue weighted by Crippen LogP contribution is -2.18. The van der Waals surface area contributed by atoms with E-state index in [1.54, 1.807) is 16.8 Å². The highest BCUT2D eigenvalue weighted by Crippen LogP contribution is 2.45. The summed E-state index contributed by atoms with van der Waals surface area (Å²) in [5, 5.41) is 11.6. The van der Waals surface area contributed by atoms with Crippen LogP contribution in [-0.2, 0) is 6.54 Å². The number of hydrogen-bond donors (Lipinski definition) is 2. The fourth-order valence-corrected chi connectivity index (χ4v) is 4.13. The van der Waals surface area contributed by atoms with Gasteiger partial charge in [-0.05, 0) is 57.0 Å². The first kappa shape index (κ1) is 19.9. The van der Waals surface area contributed by atoms with Crippen molar-refractivity contribution < 1.29 is 9.53 Å². The van der Waals surface area contributed by atoms with Crippen molar-refractivity contribution in [2.45, 2.75) is 44.2 Å². The molecule has 0 bridgehead atoms. The van der Waals surface area contributed by atoms with Crippen LogP contribution in [0.15, 0.2) is 48.9 Å². The van der Waals surface area contributed by atoms with Gasteiger partial charge in [-0.2, -0.15) is 5.10 Å². The molecule has 0 saturated heterocycles. The van der Waals surface area contributed by atoms with E-state index in [1.807, 2.05) is 37.4 Å². The minimum atomic E-state index is -0.228. The molecule has 6 rings (SSSR count). The van der Waals surface area contributed by atoms with Crippen LogP contribution in [0.1, 0.15) is 49.0 Å². The quantitative estimate of drug-likeness (QED) is 0.438. The maximum Gasteiger partial charge on any atom is 0.331 e. The van der Waals surface area contributed by atoms with Crippen LogP contribution < -0.4 is 15.4 Å². The molecule has 2 fully saturated rings. The maximum absolute atomic E-state index is 13.0. The Morgan fingerprint density at radius 2 is 2.00 bits per heavy atom. The molecule has 0 unspecified atom stereocenters. The Labute approximate surface area is 190 Å². The topological polar surface area (TPSA) is 98.9 Å². The fraction of sp³-hybridized carbons (Fsp3) is 0.333. The second kappa shape index (κ2) is 8.00. The average Bonchev–Trinajstić information content (AvgIpc) is 3.74. The Balaban J connectivity index is 1.20. The summed E-state index contributed by atoms with van der Waals surface area (Å²) < 4.78 is 9.63. The summed E-state index contributed by atoms with van der Waals surface area (Å²) in [7, 11) is 1.86. The van der Waals surface area contributed by atoms with E-state index in [0.29, 0.717) is 36.0 Å². The van der Waals surface area contributed by atoms with Gasteiger partial charge in [-0.25, -0.2) is 14.8 Å². The van der Waals surface area contributed by atoms with Gasteiger partial charge in [-0.15, -0.1) is 0 Å². The van der Waals surface area contributed by atoms with Gasteiger partial charge in [0.1, 0.15) is 12.1 Å². The molecule has 9 nitrogen and oxygen atoms in total. The van der Waals surface area contributed by atoms with Crippen molar-refractivity contribution in [3.63, 3.8) is 0 Å². The molecule has 4 aromatic rings. The number of nitrogens with zero attached hydrogens (tertiary/aromatic N) is 5. The summed E-state index contributed by atoms with van der Waals surface area (Å²) in [4.78, 5) is 21.4. The highest BCUT2D eigenvalue weighted by atomic mass is 16.5. The lowest BCUT2D eigenvalue weighted by molar-refractivity contribution is 0.254. The second-order valence-corrected chi connectivity index (χ2v) is 8.72. The first-order valence-corrected chi connectivity index (χ1v) is 11.3. The van der Waals surface area contributed by atoms with Crippen molar-refractivity contribution in [1.82, 2.24) is 29.6 Å². The maximum atomic E-state index is 13.0. The first-order valence-electron chi connectivity index (χ1n) is 11.3. The molecule has 1 amide bonds. The number of carbonyl (C=O) groups excluding carboxylic acids is 1. The average molecular weight is 444 g/mol. The first-order chi connectivity index (χ1) is 16.2. The van der Waals surface area contributed by atoms with E-state index < -0.39 is 0 Å². The summed E-state index contributed by atoms with van der Waals surface area (Å²) in [5.74, 6) is 2.34. The van der Waals surface area contributed by atoms with Gasteiger partial charge < -0.3 is 10.1 Å². The Morgan fingerprint density at radius 1 is 1.12 bits per heavy atom. The lowest BCUT2D eigenvalue weighted by atomic mass is 10.2. The predicted octanol–water partition coefficient (Wildman–Crippen LogP) is 4.43. The predicted molar refractivity (Wildman–Crippen MR) is 124 cm³/mol. The number of nitrogens with one attached hydrogen (secondary N) is 2. The third kappa shape index (κ3) is 4.07. The fourth-order valence-electron chi connectivity index (χ4n) is 4.13. The number of anilines is 1. The smallest absolute Gasteiger partial charge is 0.331 e. The Morgan fingerprint density at radius 3 is 2.79 bits per heavy atom. The molecule has 9 heteroatoms. The van der Waals surface area contributed by atoms with Gasteiger partial charge in [-0.1, -0.05) is 0 Å². The van der Waals surface area contributed by atoms with Gasteiger partial charge in [0.2, 0.25) is 5.88 Å². The van der Waals surface area contributed by atoms with Crippen LogP contribution in [0.2, 0.25) is 0 Å². The normalized spacial score (nSPS) is 15.7. The Kier molecular flexibility index (Phi) is 4.83. The monoisotopic (exact) mass is 443 g/mol. The van der Waals surface area contributed by atoms with Crippen LogP contribution in [0.4, 0.5) is 10.6 Å². The zero-order chi connectivity index (χ0) is 22.4. The van der Waals surface area contributed by atoms with Crippen molar-refractivity contribution in [2.75, 3.05) is 12.4 Å². The highest BCUT2D eigenvalue weighted by molar-refractivity contribution is 5.98. The van der Waals surface area contributed by atoms with Crippen LogP contribution in [0, 0.1) is 0 Å². The number of benzene rings is 1. The number of rotatable bonds is 7. The molecule has 2 saturated carbocycles. The summed E-state index contributed by atoms with van der Waals surface area (Å²) >= 11 is 0. The SMILES string of the molecule is CNCc1cc(Oc2ccc3c(ccn3C(=O)Nc3cc(C4CC4)n(C4CC4)n3)c2)ncn1. The van der Waals surface area contributed by atoms with Gasteiger partial charge in [0, 0.05) is 41.9 Å². The molecule has 2 aliphatic carbocycles. The van der Waals surface area contributed by atoms with E-state index in [2.05, 4.69) is 30.4 Å². The number of hydrogen-bond acceptors (Lipinski definition) is 6. The van der Waals surface area contributed by atoms with Gasteiger partial charge >= 0.3 is 6.03 Å². The van der Waals surface area contributed by atoms with Gasteiger partial charge in [-0.3, -0.25) is 14.6 Å². The van der Waals surface area contributed by atoms with Gasteiger partial charge in [0.25, 0.3) is 0 Å². The van der Waals surface area contributed by atoms with Crippen LogP contribution >= 0.6 is 0 Å². The Hall–Kier alpha value is -3.72. The molecule has 0 spiro atoms. The minimum Gasteiger partial charge on any atom is -0.439 e. The van der Waals surface area contributed by atoms with Crippen molar-refractivity contribution in [3.05, 3.63) is 60.3 Å². The number of ether oxygens (including phenoxy) is 1.